The van der Waals surface area contributed by atoms with E-state index in [9.17, 15) is 22.0 Å². The number of anilines is 1. The number of fused-ring (bicyclic) bond motifs is 1. The van der Waals surface area contributed by atoms with Gasteiger partial charge in [0.1, 0.15) is 23.2 Å². The highest BCUT2D eigenvalue weighted by Crippen LogP contribution is 2.31. The van der Waals surface area contributed by atoms with Gasteiger partial charge in [0, 0.05) is 25.7 Å². The number of aromatic nitrogens is 4. The lowest BCUT2D eigenvalue weighted by Crippen LogP contribution is -2.52. The summed E-state index contributed by atoms with van der Waals surface area (Å²) in [7, 11) is 0. The molecule has 1 saturated heterocycles. The van der Waals surface area contributed by atoms with Crippen LogP contribution in [0.15, 0.2) is 36.9 Å². The van der Waals surface area contributed by atoms with E-state index in [1.165, 1.54) is 29.1 Å². The Hall–Kier alpha value is -2.82. The first kappa shape index (κ1) is 18.5. The predicted octanol–water partition coefficient (Wildman–Crippen LogP) is 3.22. The van der Waals surface area contributed by atoms with Crippen molar-refractivity contribution in [3.05, 3.63) is 42.5 Å². The van der Waals surface area contributed by atoms with Crippen molar-refractivity contribution in [2.45, 2.75) is 24.6 Å². The van der Waals surface area contributed by atoms with Gasteiger partial charge in [0.05, 0.1) is 29.8 Å². The van der Waals surface area contributed by atoms with Crippen molar-refractivity contribution in [2.24, 2.45) is 0 Å². The number of imidazole rings is 1. The minimum atomic E-state index is -4.51. The highest BCUT2D eigenvalue weighted by Gasteiger charge is 2.41. The van der Waals surface area contributed by atoms with E-state index in [4.69, 9.17) is 0 Å². The number of halogens is 5. The van der Waals surface area contributed by atoms with Gasteiger partial charge in [-0.3, -0.25) is 9.38 Å². The van der Waals surface area contributed by atoms with Crippen LogP contribution in [0.1, 0.15) is 12.0 Å². The Morgan fingerprint density at radius 1 is 1.18 bits per heavy atom. The lowest BCUT2D eigenvalue weighted by molar-refractivity contribution is -0.137. The van der Waals surface area contributed by atoms with Gasteiger partial charge < -0.3 is 10.6 Å². The minimum Gasteiger partial charge on any atom is -0.359 e. The number of pyridine rings is 1. The molecule has 4 rings (SSSR count). The zero-order valence-corrected chi connectivity index (χ0v) is 14.3. The molecule has 3 aromatic heterocycles. The number of hydrogen-bond donors (Lipinski definition) is 2. The molecule has 1 aliphatic heterocycles. The summed E-state index contributed by atoms with van der Waals surface area (Å²) < 4.78 is 68.3. The molecule has 6 nitrogen and oxygen atoms in total. The van der Waals surface area contributed by atoms with E-state index in [1.54, 1.807) is 0 Å². The van der Waals surface area contributed by atoms with E-state index < -0.39 is 23.7 Å². The van der Waals surface area contributed by atoms with Crippen molar-refractivity contribution in [3.8, 4) is 11.4 Å². The zero-order valence-electron chi connectivity index (χ0n) is 14.3. The van der Waals surface area contributed by atoms with Crippen molar-refractivity contribution in [2.75, 3.05) is 18.4 Å². The number of hydrogen-bond acceptors (Lipinski definition) is 5. The number of piperidine rings is 1. The van der Waals surface area contributed by atoms with Gasteiger partial charge >= 0.3 is 6.18 Å². The molecule has 11 heteroatoms. The first-order valence-corrected chi connectivity index (χ1v) is 8.46. The molecule has 0 amide bonds. The quantitative estimate of drug-likeness (QED) is 0.664. The Kier molecular flexibility index (Phi) is 4.41. The molecule has 4 heterocycles. The second-order valence-corrected chi connectivity index (χ2v) is 6.49. The summed E-state index contributed by atoms with van der Waals surface area (Å²) in [6.07, 6.45) is 0.0963. The molecule has 0 spiro atoms. The highest BCUT2D eigenvalue weighted by molar-refractivity contribution is 5.61. The lowest BCUT2D eigenvalue weighted by atomic mass is 10.0. The van der Waals surface area contributed by atoms with Crippen molar-refractivity contribution < 1.29 is 22.0 Å². The van der Waals surface area contributed by atoms with Crippen LogP contribution in [-0.4, -0.2) is 44.4 Å². The Morgan fingerprint density at radius 3 is 2.75 bits per heavy atom. The van der Waals surface area contributed by atoms with Crippen LogP contribution in [0, 0.1) is 0 Å². The maximum absolute atomic E-state index is 14.0. The van der Waals surface area contributed by atoms with Crippen molar-refractivity contribution >= 4 is 11.5 Å². The summed E-state index contributed by atoms with van der Waals surface area (Å²) >= 11 is 0. The Bertz CT molecular complexity index is 999. The SMILES string of the molecule is FC(F)(F)c1ccc2ncc(-c3cncc(NC4CNCCC4(F)F)n3)n2c1. The largest absolute Gasteiger partial charge is 0.417 e. The molecule has 0 radical (unpaired) electrons. The fourth-order valence-corrected chi connectivity index (χ4v) is 3.06. The molecule has 0 aliphatic carbocycles. The first-order chi connectivity index (χ1) is 13.2. The van der Waals surface area contributed by atoms with Gasteiger partial charge in [0.2, 0.25) is 0 Å². The van der Waals surface area contributed by atoms with Gasteiger partial charge in [-0.15, -0.1) is 0 Å². The maximum Gasteiger partial charge on any atom is 0.417 e. The van der Waals surface area contributed by atoms with Gasteiger partial charge in [0.15, 0.2) is 0 Å². The zero-order chi connectivity index (χ0) is 19.9. The molecule has 0 bridgehead atoms. The van der Waals surface area contributed by atoms with Crippen molar-refractivity contribution in [3.63, 3.8) is 0 Å². The highest BCUT2D eigenvalue weighted by atomic mass is 19.4. The lowest BCUT2D eigenvalue weighted by Gasteiger charge is -2.32. The Labute approximate surface area is 155 Å². The van der Waals surface area contributed by atoms with Gasteiger partial charge in [-0.1, -0.05) is 0 Å². The van der Waals surface area contributed by atoms with Crippen LogP contribution in [0.5, 0.6) is 0 Å². The molecule has 1 atom stereocenters. The predicted molar refractivity (Wildman–Crippen MR) is 91.1 cm³/mol. The van der Waals surface area contributed by atoms with E-state index in [2.05, 4.69) is 25.6 Å². The number of nitrogens with zero attached hydrogens (tertiary/aromatic N) is 4. The summed E-state index contributed by atoms with van der Waals surface area (Å²) in [5.74, 6) is -2.80. The van der Waals surface area contributed by atoms with E-state index >= 15 is 0 Å². The average molecular weight is 398 g/mol. The third-order valence-electron chi connectivity index (χ3n) is 4.55. The number of nitrogens with one attached hydrogen (secondary N) is 2. The van der Waals surface area contributed by atoms with Gasteiger partial charge in [0.25, 0.3) is 5.92 Å². The molecule has 148 valence electrons. The Balaban J connectivity index is 1.68. The molecular weight excluding hydrogens is 383 g/mol. The molecule has 1 aliphatic rings. The van der Waals surface area contributed by atoms with Crippen LogP contribution in [0.4, 0.5) is 27.8 Å². The summed E-state index contributed by atoms with van der Waals surface area (Å²) in [5.41, 5.74) is -0.0599. The first-order valence-electron chi connectivity index (χ1n) is 8.46. The van der Waals surface area contributed by atoms with Crippen LogP contribution < -0.4 is 10.6 Å². The van der Waals surface area contributed by atoms with E-state index in [1.807, 2.05) is 0 Å². The minimum absolute atomic E-state index is 0.0590. The summed E-state index contributed by atoms with van der Waals surface area (Å²) in [4.78, 5) is 12.3. The second-order valence-electron chi connectivity index (χ2n) is 6.49. The molecule has 0 saturated carbocycles. The number of alkyl halides is 5. The molecule has 0 aromatic carbocycles. The van der Waals surface area contributed by atoms with E-state index in [0.717, 1.165) is 12.3 Å². The van der Waals surface area contributed by atoms with Gasteiger partial charge in [-0.2, -0.15) is 13.2 Å². The topological polar surface area (TPSA) is 67.1 Å². The normalized spacial score (nSPS) is 19.7. The second kappa shape index (κ2) is 6.66. The van der Waals surface area contributed by atoms with Gasteiger partial charge in [-0.05, 0) is 12.1 Å². The monoisotopic (exact) mass is 398 g/mol. The fraction of sp³-hybridized carbons (Fsp3) is 0.353. The van der Waals surface area contributed by atoms with Crippen LogP contribution in [0.2, 0.25) is 0 Å². The summed E-state index contributed by atoms with van der Waals surface area (Å²) in [6, 6.07) is 1.02. The summed E-state index contributed by atoms with van der Waals surface area (Å²) in [5, 5.41) is 5.55. The third kappa shape index (κ3) is 3.49. The van der Waals surface area contributed by atoms with Crippen molar-refractivity contribution in [1.82, 2.24) is 24.7 Å². The van der Waals surface area contributed by atoms with Gasteiger partial charge in [-0.25, -0.2) is 18.7 Å². The fourth-order valence-electron chi connectivity index (χ4n) is 3.06. The van der Waals surface area contributed by atoms with Crippen LogP contribution in [0.3, 0.4) is 0 Å². The molecule has 1 fully saturated rings. The van der Waals surface area contributed by atoms with E-state index in [-0.39, 0.29) is 36.7 Å². The summed E-state index contributed by atoms with van der Waals surface area (Å²) in [6.45, 7) is 0.281. The average Bonchev–Trinajstić information content (AvgIpc) is 3.06. The van der Waals surface area contributed by atoms with Crippen LogP contribution in [-0.2, 0) is 6.18 Å². The smallest absolute Gasteiger partial charge is 0.359 e. The molecule has 3 aromatic rings. The Morgan fingerprint density at radius 2 is 2.00 bits per heavy atom. The standard InChI is InChI=1S/C17H15F5N6/c18-16(19)3-4-23-7-13(16)27-14-8-24-5-11(26-14)12-6-25-15-2-1-10(9-28(12)15)17(20,21)22/h1-2,5-6,8-9,13,23H,3-4,7H2,(H,26,27). The molecule has 1 unspecified atom stereocenters. The molecule has 2 N–H and O–H groups in total. The van der Waals surface area contributed by atoms with Crippen molar-refractivity contribution in [1.29, 1.82) is 0 Å². The third-order valence-corrected chi connectivity index (χ3v) is 4.55. The van der Waals surface area contributed by atoms with Crippen LogP contribution in [0.25, 0.3) is 17.0 Å². The maximum atomic E-state index is 14.0. The molecular formula is C17H15F5N6. The number of rotatable bonds is 3. The van der Waals surface area contributed by atoms with Crippen LogP contribution >= 0.6 is 0 Å². The van der Waals surface area contributed by atoms with E-state index in [0.29, 0.717) is 5.65 Å². The molecule has 28 heavy (non-hydrogen) atoms.